The fraction of sp³-hybridized carbons (Fsp3) is 0.400. The summed E-state index contributed by atoms with van der Waals surface area (Å²) in [7, 11) is 0. The van der Waals surface area contributed by atoms with Crippen LogP contribution in [0.2, 0.25) is 5.02 Å². The number of nitriles is 1. The zero-order chi connectivity index (χ0) is 14.7. The van der Waals surface area contributed by atoms with Crippen molar-refractivity contribution in [2.75, 3.05) is 19.6 Å². The summed E-state index contributed by atoms with van der Waals surface area (Å²) in [6.45, 7) is 3.96. The molecule has 0 aliphatic carbocycles. The van der Waals surface area contributed by atoms with Crippen LogP contribution >= 0.6 is 11.6 Å². The third-order valence-corrected chi connectivity index (χ3v) is 4.00. The summed E-state index contributed by atoms with van der Waals surface area (Å²) in [5, 5.41) is 18.0. The fourth-order valence-electron chi connectivity index (χ4n) is 2.71. The zero-order valence-corrected chi connectivity index (χ0v) is 12.4. The van der Waals surface area contributed by atoms with Crippen molar-refractivity contribution in [2.45, 2.75) is 19.4 Å². The van der Waals surface area contributed by atoms with E-state index in [9.17, 15) is 5.26 Å². The number of hydrogen-bond donors (Lipinski definition) is 0. The van der Waals surface area contributed by atoms with Gasteiger partial charge in [0.2, 0.25) is 0 Å². The molecule has 0 saturated carbocycles. The Labute approximate surface area is 128 Å². The second-order valence-electron chi connectivity index (χ2n) is 5.18. The van der Waals surface area contributed by atoms with Crippen LogP contribution in [0.4, 0.5) is 0 Å². The molecule has 0 atom stereocenters. The number of halogens is 1. The number of benzene rings is 1. The lowest BCUT2D eigenvalue weighted by atomic mass is 10.1. The van der Waals surface area contributed by atoms with E-state index in [1.807, 2.05) is 28.9 Å². The predicted molar refractivity (Wildman–Crippen MR) is 80.9 cm³/mol. The third kappa shape index (κ3) is 3.07. The lowest BCUT2D eigenvalue weighted by Crippen LogP contribution is -2.24. The molecule has 1 aromatic heterocycles. The molecule has 0 spiro atoms. The van der Waals surface area contributed by atoms with Gasteiger partial charge in [0.15, 0.2) is 5.69 Å². The highest BCUT2D eigenvalue weighted by molar-refractivity contribution is 6.30. The van der Waals surface area contributed by atoms with Crippen molar-refractivity contribution in [3.05, 3.63) is 35.0 Å². The Hall–Kier alpha value is -1.90. The van der Waals surface area contributed by atoms with Crippen LogP contribution in [0.5, 0.6) is 0 Å². The monoisotopic (exact) mass is 301 g/mol. The third-order valence-electron chi connectivity index (χ3n) is 3.77. The van der Waals surface area contributed by atoms with E-state index in [2.05, 4.69) is 21.3 Å². The SMILES string of the molecule is N#Cc1nnn(CCN2CCCC2)c1-c1cccc(Cl)c1. The van der Waals surface area contributed by atoms with Gasteiger partial charge in [-0.15, -0.1) is 5.10 Å². The van der Waals surface area contributed by atoms with Crippen LogP contribution in [-0.4, -0.2) is 39.5 Å². The number of hydrogen-bond acceptors (Lipinski definition) is 4. The number of aromatic nitrogens is 3. The lowest BCUT2D eigenvalue weighted by Gasteiger charge is -2.15. The summed E-state index contributed by atoms with van der Waals surface area (Å²) < 4.78 is 1.81. The van der Waals surface area contributed by atoms with E-state index in [-0.39, 0.29) is 0 Å². The maximum atomic E-state index is 9.23. The van der Waals surface area contributed by atoms with Crippen molar-refractivity contribution < 1.29 is 0 Å². The highest BCUT2D eigenvalue weighted by Crippen LogP contribution is 2.24. The van der Waals surface area contributed by atoms with Gasteiger partial charge in [-0.1, -0.05) is 28.9 Å². The molecule has 108 valence electrons. The molecular formula is C15H16ClN5. The van der Waals surface area contributed by atoms with Crippen LogP contribution in [0.3, 0.4) is 0 Å². The number of nitrogens with zero attached hydrogens (tertiary/aromatic N) is 5. The minimum Gasteiger partial charge on any atom is -0.301 e. The van der Waals surface area contributed by atoms with Crippen LogP contribution in [0.15, 0.2) is 24.3 Å². The lowest BCUT2D eigenvalue weighted by molar-refractivity contribution is 0.315. The molecule has 1 aromatic carbocycles. The Morgan fingerprint density at radius 3 is 2.76 bits per heavy atom. The van der Waals surface area contributed by atoms with Crippen LogP contribution in [0.25, 0.3) is 11.3 Å². The summed E-state index contributed by atoms with van der Waals surface area (Å²) in [5.74, 6) is 0. The molecule has 2 aromatic rings. The molecule has 5 nitrogen and oxygen atoms in total. The molecule has 6 heteroatoms. The Kier molecular flexibility index (Phi) is 4.18. The van der Waals surface area contributed by atoms with Gasteiger partial charge in [-0.05, 0) is 38.1 Å². The molecule has 0 bridgehead atoms. The normalized spacial score (nSPS) is 15.2. The van der Waals surface area contributed by atoms with Gasteiger partial charge in [0.05, 0.1) is 6.54 Å². The molecule has 0 unspecified atom stereocenters. The van der Waals surface area contributed by atoms with E-state index in [0.717, 1.165) is 37.4 Å². The molecule has 1 saturated heterocycles. The first-order valence-electron chi connectivity index (χ1n) is 7.10. The van der Waals surface area contributed by atoms with Crippen molar-refractivity contribution in [1.82, 2.24) is 19.9 Å². The molecule has 0 N–H and O–H groups in total. The molecule has 21 heavy (non-hydrogen) atoms. The van der Waals surface area contributed by atoms with Gasteiger partial charge in [0.25, 0.3) is 0 Å². The van der Waals surface area contributed by atoms with Crippen molar-refractivity contribution in [1.29, 1.82) is 5.26 Å². The minimum atomic E-state index is 0.346. The first kappa shape index (κ1) is 14.1. The highest BCUT2D eigenvalue weighted by atomic mass is 35.5. The zero-order valence-electron chi connectivity index (χ0n) is 11.7. The molecule has 0 amide bonds. The fourth-order valence-corrected chi connectivity index (χ4v) is 2.90. The minimum absolute atomic E-state index is 0.346. The van der Waals surface area contributed by atoms with E-state index in [1.54, 1.807) is 0 Å². The van der Waals surface area contributed by atoms with E-state index in [0.29, 0.717) is 10.7 Å². The van der Waals surface area contributed by atoms with Gasteiger partial charge in [-0.2, -0.15) is 5.26 Å². The Morgan fingerprint density at radius 1 is 1.24 bits per heavy atom. The smallest absolute Gasteiger partial charge is 0.190 e. The van der Waals surface area contributed by atoms with Crippen molar-refractivity contribution in [3.63, 3.8) is 0 Å². The maximum absolute atomic E-state index is 9.23. The quantitative estimate of drug-likeness (QED) is 0.871. The van der Waals surface area contributed by atoms with E-state index in [4.69, 9.17) is 11.6 Å². The van der Waals surface area contributed by atoms with Crippen molar-refractivity contribution in [3.8, 4) is 17.3 Å². The Balaban J connectivity index is 1.87. The molecular weight excluding hydrogens is 286 g/mol. The summed E-state index contributed by atoms with van der Waals surface area (Å²) >= 11 is 6.05. The second-order valence-corrected chi connectivity index (χ2v) is 5.62. The molecule has 1 aliphatic rings. The Morgan fingerprint density at radius 2 is 2.05 bits per heavy atom. The van der Waals surface area contributed by atoms with Gasteiger partial charge in [-0.3, -0.25) is 0 Å². The first-order chi connectivity index (χ1) is 10.3. The van der Waals surface area contributed by atoms with Gasteiger partial charge < -0.3 is 4.90 Å². The van der Waals surface area contributed by atoms with Crippen LogP contribution in [0.1, 0.15) is 18.5 Å². The Bertz CT molecular complexity index is 667. The van der Waals surface area contributed by atoms with Gasteiger partial charge >= 0.3 is 0 Å². The number of rotatable bonds is 4. The van der Waals surface area contributed by atoms with Crippen molar-refractivity contribution in [2.24, 2.45) is 0 Å². The highest BCUT2D eigenvalue weighted by Gasteiger charge is 2.17. The van der Waals surface area contributed by atoms with Crippen LogP contribution < -0.4 is 0 Å². The number of likely N-dealkylation sites (tertiary alicyclic amines) is 1. The van der Waals surface area contributed by atoms with Crippen molar-refractivity contribution >= 4 is 11.6 Å². The summed E-state index contributed by atoms with van der Waals surface area (Å²) in [6, 6.07) is 9.57. The van der Waals surface area contributed by atoms with Crippen LogP contribution in [-0.2, 0) is 6.54 Å². The van der Waals surface area contributed by atoms with Gasteiger partial charge in [-0.25, -0.2) is 4.68 Å². The molecule has 1 aliphatic heterocycles. The average molecular weight is 302 g/mol. The van der Waals surface area contributed by atoms with Gasteiger partial charge in [0, 0.05) is 17.1 Å². The maximum Gasteiger partial charge on any atom is 0.190 e. The van der Waals surface area contributed by atoms with E-state index < -0.39 is 0 Å². The standard InChI is InChI=1S/C15H16ClN5/c16-13-5-3-4-12(10-13)15-14(11-17)18-19-21(15)9-8-20-6-1-2-7-20/h3-5,10H,1-2,6-9H2. The molecule has 3 rings (SSSR count). The van der Waals surface area contributed by atoms with E-state index >= 15 is 0 Å². The molecule has 1 fully saturated rings. The van der Waals surface area contributed by atoms with E-state index in [1.165, 1.54) is 12.8 Å². The molecule has 0 radical (unpaired) electrons. The second kappa shape index (κ2) is 6.25. The average Bonchev–Trinajstić information content (AvgIpc) is 3.14. The predicted octanol–water partition coefficient (Wildman–Crippen LogP) is 2.57. The topological polar surface area (TPSA) is 57.7 Å². The first-order valence-corrected chi connectivity index (χ1v) is 7.47. The van der Waals surface area contributed by atoms with Gasteiger partial charge in [0.1, 0.15) is 11.8 Å². The molecule has 2 heterocycles. The summed E-state index contributed by atoms with van der Waals surface area (Å²) in [4.78, 5) is 2.41. The largest absolute Gasteiger partial charge is 0.301 e. The summed E-state index contributed by atoms with van der Waals surface area (Å²) in [6.07, 6.45) is 2.53. The summed E-state index contributed by atoms with van der Waals surface area (Å²) in [5.41, 5.74) is 1.98. The van der Waals surface area contributed by atoms with Crippen LogP contribution in [0, 0.1) is 11.3 Å².